The third kappa shape index (κ3) is 6.32. The molecule has 0 nitrogen and oxygen atoms in total. The maximum Gasteiger partial charge on any atom is -0.00262 e. The molecule has 38 heavy (non-hydrogen) atoms. The van der Waals surface area contributed by atoms with E-state index in [0.717, 1.165) is 0 Å². The predicted molar refractivity (Wildman–Crippen MR) is 175 cm³/mol. The minimum Gasteiger partial charge on any atom is -0.0683 e. The van der Waals surface area contributed by atoms with E-state index in [4.69, 9.17) is 0 Å². The molecule has 0 saturated heterocycles. The molecule has 0 radical (unpaired) electrons. The number of fused-ring (bicyclic) bond motifs is 3. The normalized spacial score (nSPS) is 9.58. The van der Waals surface area contributed by atoms with Gasteiger partial charge in [-0.2, -0.15) is 0 Å². The number of hydrogen-bond acceptors (Lipinski definition) is 0. The molecule has 6 rings (SSSR count). The molecule has 0 heterocycles. The lowest BCUT2D eigenvalue weighted by Crippen LogP contribution is -1.90. The van der Waals surface area contributed by atoms with Crippen LogP contribution in [0.3, 0.4) is 0 Å². The van der Waals surface area contributed by atoms with Crippen LogP contribution in [0.1, 0.15) is 55.4 Å². The van der Waals surface area contributed by atoms with Crippen molar-refractivity contribution in [2.24, 2.45) is 0 Å². The van der Waals surface area contributed by atoms with Gasteiger partial charge in [0.05, 0.1) is 0 Å². The molecule has 196 valence electrons. The van der Waals surface area contributed by atoms with Gasteiger partial charge in [-0.1, -0.05) is 171 Å². The monoisotopic (exact) mass is 500 g/mol. The molecule has 0 amide bonds. The second-order valence-corrected chi connectivity index (χ2v) is 7.77. The zero-order chi connectivity index (χ0) is 27.9. The van der Waals surface area contributed by atoms with Gasteiger partial charge in [-0.15, -0.1) is 0 Å². The van der Waals surface area contributed by atoms with E-state index in [9.17, 15) is 0 Å². The van der Waals surface area contributed by atoms with Crippen molar-refractivity contribution in [3.63, 3.8) is 0 Å². The Morgan fingerprint density at radius 3 is 1.13 bits per heavy atom. The summed E-state index contributed by atoms with van der Waals surface area (Å²) in [6.45, 7) is 16.0. The van der Waals surface area contributed by atoms with Crippen LogP contribution in [-0.2, 0) is 0 Å². The zero-order valence-corrected chi connectivity index (χ0v) is 24.5. The van der Waals surface area contributed by atoms with Crippen molar-refractivity contribution < 1.29 is 0 Å². The van der Waals surface area contributed by atoms with Gasteiger partial charge in [-0.25, -0.2) is 0 Å². The molecule has 0 aliphatic carbocycles. The van der Waals surface area contributed by atoms with Crippen LogP contribution in [-0.4, -0.2) is 0 Å². The van der Waals surface area contributed by atoms with Gasteiger partial charge < -0.3 is 0 Å². The molecule has 0 fully saturated rings. The molecule has 0 atom stereocenters. The number of hydrogen-bond donors (Lipinski definition) is 0. The second-order valence-electron chi connectivity index (χ2n) is 7.77. The Balaban J connectivity index is 0.000000583. The van der Waals surface area contributed by atoms with Crippen LogP contribution in [0.25, 0.3) is 54.6 Å². The quantitative estimate of drug-likeness (QED) is 0.207. The maximum absolute atomic E-state index is 2.33. The smallest absolute Gasteiger partial charge is 0.00262 e. The number of rotatable bonds is 2. The Labute approximate surface area is 231 Å². The Bertz CT molecular complexity index is 1470. The van der Waals surface area contributed by atoms with Gasteiger partial charge in [0.1, 0.15) is 0 Å². The van der Waals surface area contributed by atoms with Crippen molar-refractivity contribution in [1.29, 1.82) is 0 Å². The van der Waals surface area contributed by atoms with Crippen molar-refractivity contribution in [2.75, 3.05) is 0 Å². The zero-order valence-electron chi connectivity index (χ0n) is 24.5. The van der Waals surface area contributed by atoms with Crippen LogP contribution in [0, 0.1) is 0 Å². The summed E-state index contributed by atoms with van der Waals surface area (Å²) >= 11 is 0. The van der Waals surface area contributed by atoms with Gasteiger partial charge in [0, 0.05) is 0 Å². The summed E-state index contributed by atoms with van der Waals surface area (Å²) in [5.74, 6) is 0. The summed E-state index contributed by atoms with van der Waals surface area (Å²) in [5.41, 5.74) is 5.15. The van der Waals surface area contributed by atoms with Crippen LogP contribution in [0.15, 0.2) is 121 Å². The lowest BCUT2D eigenvalue weighted by molar-refractivity contribution is 1.50. The molecule has 0 aliphatic rings. The molecule has 6 aromatic rings. The van der Waals surface area contributed by atoms with Crippen LogP contribution < -0.4 is 0 Å². The van der Waals surface area contributed by atoms with Gasteiger partial charge in [-0.05, 0) is 60.6 Å². The summed E-state index contributed by atoms with van der Waals surface area (Å²) in [5, 5.41) is 7.73. The Hall–Kier alpha value is -3.90. The fourth-order valence-electron chi connectivity index (χ4n) is 4.70. The highest BCUT2D eigenvalue weighted by molar-refractivity contribution is 6.21. The third-order valence-electron chi connectivity index (χ3n) is 6.03. The van der Waals surface area contributed by atoms with Crippen molar-refractivity contribution in [1.82, 2.24) is 0 Å². The van der Waals surface area contributed by atoms with E-state index in [-0.39, 0.29) is 0 Å². The Morgan fingerprint density at radius 2 is 0.658 bits per heavy atom. The van der Waals surface area contributed by atoms with Crippen molar-refractivity contribution >= 4 is 32.3 Å². The molecule has 0 aromatic heterocycles. The largest absolute Gasteiger partial charge is 0.0683 e. The summed E-state index contributed by atoms with van der Waals surface area (Å²) in [6.07, 6.45) is 0. The van der Waals surface area contributed by atoms with Gasteiger partial charge in [0.15, 0.2) is 0 Å². The first kappa shape index (κ1) is 30.3. The minimum atomic E-state index is 1.26. The van der Waals surface area contributed by atoms with Gasteiger partial charge in [0.2, 0.25) is 0 Å². The highest BCUT2D eigenvalue weighted by Crippen LogP contribution is 2.43. The summed E-state index contributed by atoms with van der Waals surface area (Å²) in [4.78, 5) is 0. The average Bonchev–Trinajstić information content (AvgIpc) is 3.04. The first-order valence-corrected chi connectivity index (χ1v) is 14.4. The van der Waals surface area contributed by atoms with Crippen LogP contribution in [0.4, 0.5) is 0 Å². The van der Waals surface area contributed by atoms with E-state index in [1.54, 1.807) is 0 Å². The molecular weight excluding hydrogens is 456 g/mol. The van der Waals surface area contributed by atoms with E-state index in [1.165, 1.54) is 54.6 Å². The molecule has 0 unspecified atom stereocenters. The molecule has 0 aliphatic heterocycles. The van der Waals surface area contributed by atoms with Crippen LogP contribution in [0.5, 0.6) is 0 Å². The molecule has 0 heteroatoms. The van der Waals surface area contributed by atoms with Crippen molar-refractivity contribution in [3.05, 3.63) is 121 Å². The Kier molecular flexibility index (Phi) is 12.8. The standard InChI is InChI=1S/C30H20.4C2H6/c1-2-11-22(12-3-1)29-25-14-6-8-16-27(25)30(28-17-9-7-15-26(28)29)24-19-18-21-10-4-5-13-23(21)20-24;4*1-2/h1-20H;4*1-2H3. The molecule has 0 N–H and O–H groups in total. The summed E-state index contributed by atoms with van der Waals surface area (Å²) < 4.78 is 0. The predicted octanol–water partition coefficient (Wildman–Crippen LogP) is 12.6. The first-order valence-electron chi connectivity index (χ1n) is 14.4. The Morgan fingerprint density at radius 1 is 0.289 bits per heavy atom. The summed E-state index contributed by atoms with van der Waals surface area (Å²) in [7, 11) is 0. The van der Waals surface area contributed by atoms with E-state index >= 15 is 0 Å². The van der Waals surface area contributed by atoms with Crippen LogP contribution in [0.2, 0.25) is 0 Å². The fourth-order valence-corrected chi connectivity index (χ4v) is 4.70. The third-order valence-corrected chi connectivity index (χ3v) is 6.03. The fraction of sp³-hybridized carbons (Fsp3) is 0.211. The molecule has 0 saturated carbocycles. The highest BCUT2D eigenvalue weighted by Gasteiger charge is 2.16. The topological polar surface area (TPSA) is 0 Å². The summed E-state index contributed by atoms with van der Waals surface area (Å²) in [6, 6.07) is 43.8. The van der Waals surface area contributed by atoms with Gasteiger partial charge >= 0.3 is 0 Å². The average molecular weight is 501 g/mol. The molecule has 6 aromatic carbocycles. The SMILES string of the molecule is CC.CC.CC.CC.c1ccc(-c2c3ccccc3c(-c3ccc4ccccc4c3)c3ccccc23)cc1. The van der Waals surface area contributed by atoms with E-state index in [0.29, 0.717) is 0 Å². The number of benzene rings is 6. The molecular formula is C38H44. The lowest BCUT2D eigenvalue weighted by Gasteiger charge is -2.18. The van der Waals surface area contributed by atoms with Gasteiger partial charge in [0.25, 0.3) is 0 Å². The minimum absolute atomic E-state index is 1.26. The van der Waals surface area contributed by atoms with Crippen molar-refractivity contribution in [3.8, 4) is 22.3 Å². The lowest BCUT2D eigenvalue weighted by atomic mass is 9.85. The first-order chi connectivity index (χ1) is 18.9. The molecule has 0 spiro atoms. The second kappa shape index (κ2) is 16.0. The maximum atomic E-state index is 2.33. The van der Waals surface area contributed by atoms with E-state index < -0.39 is 0 Å². The van der Waals surface area contributed by atoms with E-state index in [2.05, 4.69) is 121 Å². The van der Waals surface area contributed by atoms with Crippen molar-refractivity contribution in [2.45, 2.75) is 55.4 Å². The molecule has 0 bridgehead atoms. The van der Waals surface area contributed by atoms with Gasteiger partial charge in [-0.3, -0.25) is 0 Å². The van der Waals surface area contributed by atoms with E-state index in [1.807, 2.05) is 55.4 Å². The van der Waals surface area contributed by atoms with Crippen LogP contribution >= 0.6 is 0 Å². The highest BCUT2D eigenvalue weighted by atomic mass is 14.2.